The smallest absolute Gasteiger partial charge is 0.240 e. The van der Waals surface area contributed by atoms with E-state index in [9.17, 15) is 8.42 Å². The van der Waals surface area contributed by atoms with Gasteiger partial charge in [0.05, 0.1) is 4.90 Å². The monoisotopic (exact) mass is 390 g/mol. The maximum absolute atomic E-state index is 12.6. The van der Waals surface area contributed by atoms with Crippen LogP contribution in [0.1, 0.15) is 57.9 Å². The lowest BCUT2D eigenvalue weighted by Gasteiger charge is -2.57. The van der Waals surface area contributed by atoms with Gasteiger partial charge >= 0.3 is 0 Å². The van der Waals surface area contributed by atoms with Gasteiger partial charge in [-0.15, -0.1) is 0 Å². The van der Waals surface area contributed by atoms with Gasteiger partial charge < -0.3 is 4.90 Å². The van der Waals surface area contributed by atoms with E-state index in [0.717, 1.165) is 37.4 Å². The van der Waals surface area contributed by atoms with Crippen molar-refractivity contribution >= 4 is 10.0 Å². The van der Waals surface area contributed by atoms with Crippen molar-refractivity contribution in [3.8, 4) is 0 Å². The van der Waals surface area contributed by atoms with Crippen LogP contribution in [-0.4, -0.2) is 39.5 Å². The summed E-state index contributed by atoms with van der Waals surface area (Å²) >= 11 is 0. The summed E-state index contributed by atoms with van der Waals surface area (Å²) in [6.07, 6.45) is 8.24. The molecule has 5 heteroatoms. The zero-order chi connectivity index (χ0) is 19.1. The number of likely N-dealkylation sites (N-methyl/N-ethyl adjacent to an activating group) is 1. The van der Waals surface area contributed by atoms with Gasteiger partial charge in [-0.1, -0.05) is 26.0 Å². The van der Waals surface area contributed by atoms with Crippen LogP contribution in [0.25, 0.3) is 0 Å². The Morgan fingerprint density at radius 3 is 1.96 bits per heavy atom. The molecule has 4 bridgehead atoms. The van der Waals surface area contributed by atoms with Crippen molar-refractivity contribution in [2.24, 2.45) is 17.8 Å². The van der Waals surface area contributed by atoms with Gasteiger partial charge in [0.15, 0.2) is 0 Å². The largest absolute Gasteiger partial charge is 0.303 e. The molecule has 4 fully saturated rings. The molecule has 1 aromatic rings. The SMILES string of the molecule is CCN(CC)CCNS(=O)(=O)c1ccc(C23CC4CC(CC(C4)C2)C3)cc1. The lowest BCUT2D eigenvalue weighted by molar-refractivity contribution is -0.00521. The molecule has 0 aromatic heterocycles. The van der Waals surface area contributed by atoms with Crippen molar-refractivity contribution in [3.05, 3.63) is 29.8 Å². The van der Waals surface area contributed by atoms with E-state index in [4.69, 9.17) is 0 Å². The van der Waals surface area contributed by atoms with Crippen molar-refractivity contribution in [2.45, 2.75) is 62.7 Å². The summed E-state index contributed by atoms with van der Waals surface area (Å²) in [5.41, 5.74) is 1.71. The summed E-state index contributed by atoms with van der Waals surface area (Å²) in [7, 11) is -3.42. The highest BCUT2D eigenvalue weighted by Crippen LogP contribution is 2.60. The highest BCUT2D eigenvalue weighted by Gasteiger charge is 2.51. The number of rotatable bonds is 8. The third-order valence-corrected chi connectivity index (χ3v) is 8.91. The predicted molar refractivity (Wildman–Crippen MR) is 109 cm³/mol. The third kappa shape index (κ3) is 3.83. The second kappa shape index (κ2) is 7.49. The fourth-order valence-electron chi connectivity index (χ4n) is 6.41. The van der Waals surface area contributed by atoms with Crippen molar-refractivity contribution in [1.82, 2.24) is 9.62 Å². The molecule has 0 heterocycles. The minimum atomic E-state index is -3.42. The maximum atomic E-state index is 12.6. The molecule has 0 unspecified atom stereocenters. The fourth-order valence-corrected chi connectivity index (χ4v) is 7.43. The molecular formula is C22H34N2O2S. The van der Waals surface area contributed by atoms with E-state index < -0.39 is 10.0 Å². The van der Waals surface area contributed by atoms with Gasteiger partial charge in [0, 0.05) is 13.1 Å². The first-order chi connectivity index (χ1) is 12.9. The Morgan fingerprint density at radius 1 is 0.963 bits per heavy atom. The Labute approximate surface area is 164 Å². The van der Waals surface area contributed by atoms with Crippen molar-refractivity contribution in [2.75, 3.05) is 26.2 Å². The molecule has 4 aliphatic rings. The molecule has 0 radical (unpaired) electrons. The first-order valence-corrected chi connectivity index (χ1v) is 12.2. The summed E-state index contributed by atoms with van der Waals surface area (Å²) in [6, 6.07) is 7.86. The standard InChI is InChI=1S/C22H34N2O2S/c1-3-24(4-2)10-9-23-27(25,26)21-7-5-20(6-8-21)22-14-17-11-18(15-22)13-19(12-17)16-22/h5-8,17-19,23H,3-4,9-16H2,1-2H3. The summed E-state index contributed by atoms with van der Waals surface area (Å²) in [4.78, 5) is 2.62. The molecule has 0 saturated heterocycles. The van der Waals surface area contributed by atoms with Gasteiger partial charge in [-0.05, 0) is 92.5 Å². The number of nitrogens with zero attached hydrogens (tertiary/aromatic N) is 1. The maximum Gasteiger partial charge on any atom is 0.240 e. The second-order valence-corrected chi connectivity index (χ2v) is 10.9. The lowest BCUT2D eigenvalue weighted by Crippen LogP contribution is -2.48. The first-order valence-electron chi connectivity index (χ1n) is 10.8. The number of sulfonamides is 1. The average Bonchev–Trinajstić information content (AvgIpc) is 2.64. The first kappa shape index (κ1) is 19.4. The van der Waals surface area contributed by atoms with Crippen LogP contribution >= 0.6 is 0 Å². The molecule has 5 rings (SSSR count). The summed E-state index contributed by atoms with van der Waals surface area (Å²) in [5, 5.41) is 0. The molecule has 1 N–H and O–H groups in total. The van der Waals surface area contributed by atoms with Gasteiger partial charge in [0.1, 0.15) is 0 Å². The number of nitrogens with one attached hydrogen (secondary N) is 1. The molecule has 4 nitrogen and oxygen atoms in total. The molecule has 150 valence electrons. The van der Waals surface area contributed by atoms with Crippen LogP contribution in [0, 0.1) is 17.8 Å². The molecule has 0 atom stereocenters. The van der Waals surface area contributed by atoms with Gasteiger partial charge in [-0.3, -0.25) is 0 Å². The van der Waals surface area contributed by atoms with Gasteiger partial charge in [-0.2, -0.15) is 0 Å². The quantitative estimate of drug-likeness (QED) is 0.735. The lowest BCUT2D eigenvalue weighted by atomic mass is 9.48. The van der Waals surface area contributed by atoms with Crippen LogP contribution in [0.5, 0.6) is 0 Å². The van der Waals surface area contributed by atoms with Crippen LogP contribution < -0.4 is 4.72 Å². The van der Waals surface area contributed by atoms with Crippen molar-refractivity contribution in [1.29, 1.82) is 0 Å². The van der Waals surface area contributed by atoms with Crippen LogP contribution in [0.3, 0.4) is 0 Å². The van der Waals surface area contributed by atoms with E-state index in [0.29, 0.717) is 16.9 Å². The summed E-state index contributed by atoms with van der Waals surface area (Å²) < 4.78 is 28.0. The van der Waals surface area contributed by atoms with E-state index in [-0.39, 0.29) is 0 Å². The molecule has 4 aliphatic carbocycles. The normalized spacial score (nSPS) is 32.3. The Morgan fingerprint density at radius 2 is 1.48 bits per heavy atom. The second-order valence-electron chi connectivity index (χ2n) is 9.15. The highest BCUT2D eigenvalue weighted by molar-refractivity contribution is 7.89. The van der Waals surface area contributed by atoms with Crippen LogP contribution in [0.15, 0.2) is 29.2 Å². The highest BCUT2D eigenvalue weighted by atomic mass is 32.2. The summed E-state index contributed by atoms with van der Waals surface area (Å²) in [6.45, 7) is 7.29. The van der Waals surface area contributed by atoms with E-state index >= 15 is 0 Å². The predicted octanol–water partition coefficient (Wildman–Crippen LogP) is 3.77. The number of hydrogen-bond acceptors (Lipinski definition) is 3. The minimum absolute atomic E-state index is 0.327. The minimum Gasteiger partial charge on any atom is -0.303 e. The molecule has 27 heavy (non-hydrogen) atoms. The van der Waals surface area contributed by atoms with Gasteiger partial charge in [0.2, 0.25) is 10.0 Å². The molecular weight excluding hydrogens is 356 g/mol. The van der Waals surface area contributed by atoms with E-state index in [1.54, 1.807) is 0 Å². The molecule has 0 amide bonds. The molecule has 4 saturated carbocycles. The van der Waals surface area contributed by atoms with Crippen LogP contribution in [0.2, 0.25) is 0 Å². The Hall–Kier alpha value is -0.910. The zero-order valence-electron chi connectivity index (χ0n) is 16.8. The number of benzene rings is 1. The number of hydrogen-bond donors (Lipinski definition) is 1. The fraction of sp³-hybridized carbons (Fsp3) is 0.727. The van der Waals surface area contributed by atoms with E-state index in [1.165, 1.54) is 44.1 Å². The molecule has 1 aromatic carbocycles. The van der Waals surface area contributed by atoms with Crippen molar-refractivity contribution < 1.29 is 8.42 Å². The topological polar surface area (TPSA) is 49.4 Å². The molecule has 0 spiro atoms. The van der Waals surface area contributed by atoms with Crippen LogP contribution in [-0.2, 0) is 15.4 Å². The third-order valence-electron chi connectivity index (χ3n) is 7.43. The van der Waals surface area contributed by atoms with Gasteiger partial charge in [0.25, 0.3) is 0 Å². The zero-order valence-corrected chi connectivity index (χ0v) is 17.6. The Bertz CT molecular complexity index is 718. The molecule has 0 aliphatic heterocycles. The van der Waals surface area contributed by atoms with Crippen LogP contribution in [0.4, 0.5) is 0 Å². The summed E-state index contributed by atoms with van der Waals surface area (Å²) in [5.74, 6) is 2.71. The van der Waals surface area contributed by atoms with Gasteiger partial charge in [-0.25, -0.2) is 13.1 Å². The Balaban J connectivity index is 1.44. The van der Waals surface area contributed by atoms with Crippen molar-refractivity contribution in [3.63, 3.8) is 0 Å². The Kier molecular flexibility index (Phi) is 5.38. The average molecular weight is 391 g/mol. The van der Waals surface area contributed by atoms with E-state index in [1.807, 2.05) is 12.1 Å². The van der Waals surface area contributed by atoms with E-state index in [2.05, 4.69) is 35.6 Å².